The molecule has 0 radical (unpaired) electrons. The van der Waals surface area contributed by atoms with Gasteiger partial charge >= 0.3 is 0 Å². The molecule has 1 rings (SSSR count). The number of rotatable bonds is 11. The summed E-state index contributed by atoms with van der Waals surface area (Å²) >= 11 is 0. The minimum Gasteiger partial charge on any atom is -0.491 e. The van der Waals surface area contributed by atoms with Gasteiger partial charge in [-0.15, -0.1) is 0 Å². The molecule has 5 heteroatoms. The number of guanidine groups is 1. The lowest BCUT2D eigenvalue weighted by Gasteiger charge is -2.21. The Hall–Kier alpha value is -1.75. The monoisotopic (exact) mass is 348 g/mol. The minimum atomic E-state index is 0.402. The zero-order valence-corrected chi connectivity index (χ0v) is 16.6. The molecule has 142 valence electrons. The maximum atomic E-state index is 5.80. The Bertz CT molecular complexity index is 500. The summed E-state index contributed by atoms with van der Waals surface area (Å²) in [4.78, 5) is 6.76. The number of benzene rings is 1. The van der Waals surface area contributed by atoms with Gasteiger partial charge in [0, 0.05) is 13.1 Å². The van der Waals surface area contributed by atoms with Crippen LogP contribution in [0, 0.1) is 6.92 Å². The summed E-state index contributed by atoms with van der Waals surface area (Å²) in [6.45, 7) is 13.5. The third-order valence-corrected chi connectivity index (χ3v) is 4.36. The quantitative estimate of drug-likeness (QED) is 0.367. The van der Waals surface area contributed by atoms with Crippen molar-refractivity contribution in [3.63, 3.8) is 0 Å². The van der Waals surface area contributed by atoms with Crippen LogP contribution in [0.4, 0.5) is 0 Å². The predicted octanol–water partition coefficient (Wildman–Crippen LogP) is 3.05. The van der Waals surface area contributed by atoms with Crippen LogP contribution in [0.5, 0.6) is 5.75 Å². The molecular weight excluding hydrogens is 312 g/mol. The summed E-state index contributed by atoms with van der Waals surface area (Å²) in [5, 5.41) is 6.77. The zero-order chi connectivity index (χ0) is 18.5. The molecule has 2 N–H and O–H groups in total. The smallest absolute Gasteiger partial charge is 0.191 e. The lowest BCUT2D eigenvalue weighted by Crippen LogP contribution is -2.43. The van der Waals surface area contributed by atoms with Gasteiger partial charge in [-0.3, -0.25) is 4.99 Å². The highest BCUT2D eigenvalue weighted by Gasteiger charge is 2.06. The SMILES string of the molecule is CCN(CC)CCCC(C)NC(=NC)NCCOc1ccccc1C. The molecule has 1 aromatic carbocycles. The van der Waals surface area contributed by atoms with Crippen LogP contribution < -0.4 is 15.4 Å². The summed E-state index contributed by atoms with van der Waals surface area (Å²) in [6, 6.07) is 8.48. The van der Waals surface area contributed by atoms with Gasteiger partial charge in [-0.05, 0) is 58.0 Å². The molecule has 1 aromatic rings. The van der Waals surface area contributed by atoms with Crippen LogP contribution in [0.3, 0.4) is 0 Å². The summed E-state index contributed by atoms with van der Waals surface area (Å²) in [7, 11) is 1.81. The van der Waals surface area contributed by atoms with Crippen molar-refractivity contribution in [2.24, 2.45) is 4.99 Å². The first-order valence-electron chi connectivity index (χ1n) is 9.48. The first-order chi connectivity index (χ1) is 12.1. The van der Waals surface area contributed by atoms with Gasteiger partial charge in [0.1, 0.15) is 12.4 Å². The van der Waals surface area contributed by atoms with Gasteiger partial charge in [0.2, 0.25) is 0 Å². The number of nitrogens with one attached hydrogen (secondary N) is 2. The Kier molecular flexibility index (Phi) is 10.7. The van der Waals surface area contributed by atoms with E-state index in [0.717, 1.165) is 49.9 Å². The number of hydrogen-bond donors (Lipinski definition) is 2. The molecule has 0 bridgehead atoms. The molecular formula is C20H36N4O. The average Bonchev–Trinajstić information content (AvgIpc) is 2.62. The highest BCUT2D eigenvalue weighted by Crippen LogP contribution is 2.15. The van der Waals surface area contributed by atoms with Crippen LogP contribution in [-0.2, 0) is 0 Å². The van der Waals surface area contributed by atoms with Gasteiger partial charge in [0.15, 0.2) is 5.96 Å². The zero-order valence-electron chi connectivity index (χ0n) is 16.6. The second-order valence-corrected chi connectivity index (χ2v) is 6.33. The van der Waals surface area contributed by atoms with E-state index in [1.54, 1.807) is 7.05 Å². The molecule has 0 saturated carbocycles. The van der Waals surface area contributed by atoms with E-state index in [-0.39, 0.29) is 0 Å². The topological polar surface area (TPSA) is 48.9 Å². The van der Waals surface area contributed by atoms with Crippen molar-refractivity contribution >= 4 is 5.96 Å². The van der Waals surface area contributed by atoms with E-state index in [1.807, 2.05) is 18.2 Å². The Morgan fingerprint density at radius 3 is 2.60 bits per heavy atom. The van der Waals surface area contributed by atoms with Crippen LogP contribution in [-0.4, -0.2) is 56.7 Å². The lowest BCUT2D eigenvalue weighted by atomic mass is 10.2. The van der Waals surface area contributed by atoms with Gasteiger partial charge in [-0.2, -0.15) is 0 Å². The van der Waals surface area contributed by atoms with Crippen molar-refractivity contribution in [2.75, 3.05) is 39.8 Å². The molecule has 0 fully saturated rings. The fourth-order valence-corrected chi connectivity index (χ4v) is 2.71. The van der Waals surface area contributed by atoms with Crippen molar-refractivity contribution in [3.05, 3.63) is 29.8 Å². The summed E-state index contributed by atoms with van der Waals surface area (Å²) < 4.78 is 5.80. The number of aryl methyl sites for hydroxylation is 1. The van der Waals surface area contributed by atoms with Crippen molar-refractivity contribution in [1.82, 2.24) is 15.5 Å². The van der Waals surface area contributed by atoms with E-state index in [0.29, 0.717) is 12.6 Å². The van der Waals surface area contributed by atoms with Crippen LogP contribution in [0.1, 0.15) is 39.2 Å². The molecule has 1 atom stereocenters. The Morgan fingerprint density at radius 2 is 1.96 bits per heavy atom. The molecule has 0 aliphatic rings. The first-order valence-corrected chi connectivity index (χ1v) is 9.48. The molecule has 0 spiro atoms. The molecule has 0 aliphatic heterocycles. The fourth-order valence-electron chi connectivity index (χ4n) is 2.71. The lowest BCUT2D eigenvalue weighted by molar-refractivity contribution is 0.292. The van der Waals surface area contributed by atoms with E-state index in [9.17, 15) is 0 Å². The maximum absolute atomic E-state index is 5.80. The predicted molar refractivity (Wildman–Crippen MR) is 108 cm³/mol. The minimum absolute atomic E-state index is 0.402. The number of para-hydroxylation sites is 1. The third-order valence-electron chi connectivity index (χ3n) is 4.36. The molecule has 25 heavy (non-hydrogen) atoms. The van der Waals surface area contributed by atoms with Crippen molar-refractivity contribution in [1.29, 1.82) is 0 Å². The Balaban J connectivity index is 2.22. The summed E-state index contributed by atoms with van der Waals surface area (Å²) in [5.74, 6) is 1.78. The molecule has 0 aromatic heterocycles. The summed E-state index contributed by atoms with van der Waals surface area (Å²) in [6.07, 6.45) is 2.33. The molecule has 0 saturated heterocycles. The van der Waals surface area contributed by atoms with Crippen LogP contribution in [0.25, 0.3) is 0 Å². The first kappa shape index (κ1) is 21.3. The Labute approximate surface area is 153 Å². The van der Waals surface area contributed by atoms with E-state index in [4.69, 9.17) is 4.74 Å². The molecule has 0 heterocycles. The number of ether oxygens (including phenoxy) is 1. The largest absolute Gasteiger partial charge is 0.491 e. The van der Waals surface area contributed by atoms with E-state index < -0.39 is 0 Å². The third kappa shape index (κ3) is 8.77. The van der Waals surface area contributed by atoms with Gasteiger partial charge in [0.05, 0.1) is 6.54 Å². The fraction of sp³-hybridized carbons (Fsp3) is 0.650. The van der Waals surface area contributed by atoms with Crippen LogP contribution in [0.2, 0.25) is 0 Å². The highest BCUT2D eigenvalue weighted by molar-refractivity contribution is 5.79. The average molecular weight is 349 g/mol. The number of aliphatic imine (C=N–C) groups is 1. The van der Waals surface area contributed by atoms with Gasteiger partial charge in [0.25, 0.3) is 0 Å². The van der Waals surface area contributed by atoms with E-state index in [1.165, 1.54) is 6.42 Å². The van der Waals surface area contributed by atoms with Gasteiger partial charge < -0.3 is 20.3 Å². The summed E-state index contributed by atoms with van der Waals surface area (Å²) in [5.41, 5.74) is 1.16. The van der Waals surface area contributed by atoms with Crippen LogP contribution >= 0.6 is 0 Å². The van der Waals surface area contributed by atoms with Crippen molar-refractivity contribution in [3.8, 4) is 5.75 Å². The van der Waals surface area contributed by atoms with Gasteiger partial charge in [-0.25, -0.2) is 0 Å². The molecule has 0 aliphatic carbocycles. The maximum Gasteiger partial charge on any atom is 0.191 e. The highest BCUT2D eigenvalue weighted by atomic mass is 16.5. The second kappa shape index (κ2) is 12.6. The number of nitrogens with zero attached hydrogens (tertiary/aromatic N) is 2. The normalized spacial score (nSPS) is 13.0. The van der Waals surface area contributed by atoms with Crippen LogP contribution in [0.15, 0.2) is 29.3 Å². The second-order valence-electron chi connectivity index (χ2n) is 6.33. The van der Waals surface area contributed by atoms with E-state index >= 15 is 0 Å². The Morgan fingerprint density at radius 1 is 1.24 bits per heavy atom. The standard InChI is InChI=1S/C20H36N4O/c1-6-24(7-2)15-10-12-18(4)23-20(21-5)22-14-16-25-19-13-9-8-11-17(19)3/h8-9,11,13,18H,6-7,10,12,14-16H2,1-5H3,(H2,21,22,23). The van der Waals surface area contributed by atoms with Gasteiger partial charge in [-0.1, -0.05) is 32.0 Å². The van der Waals surface area contributed by atoms with Crippen molar-refractivity contribution in [2.45, 2.75) is 46.6 Å². The molecule has 5 nitrogen and oxygen atoms in total. The molecule has 1 unspecified atom stereocenters. The number of hydrogen-bond acceptors (Lipinski definition) is 3. The van der Waals surface area contributed by atoms with Crippen molar-refractivity contribution < 1.29 is 4.74 Å². The molecule has 0 amide bonds. The van der Waals surface area contributed by atoms with E-state index in [2.05, 4.69) is 54.3 Å².